The molecule has 0 aromatic rings. The second-order valence-corrected chi connectivity index (χ2v) is 8.19. The molecular formula is C12H26O4Si. The molecule has 1 heterocycles. The van der Waals surface area contributed by atoms with Crippen LogP contribution in [0.5, 0.6) is 0 Å². The summed E-state index contributed by atoms with van der Waals surface area (Å²) >= 11 is 0. The van der Waals surface area contributed by atoms with Crippen LogP contribution in [0.4, 0.5) is 0 Å². The minimum Gasteiger partial charge on any atom is -0.398 e. The van der Waals surface area contributed by atoms with Crippen molar-refractivity contribution in [2.75, 3.05) is 34.0 Å². The average Bonchev–Trinajstić information content (AvgIpc) is 3.17. The summed E-state index contributed by atoms with van der Waals surface area (Å²) in [5.74, 6) is 0. The van der Waals surface area contributed by atoms with Gasteiger partial charge in [-0.05, 0) is 18.5 Å². The van der Waals surface area contributed by atoms with Crippen molar-refractivity contribution in [1.29, 1.82) is 0 Å². The lowest BCUT2D eigenvalue weighted by molar-refractivity contribution is 0.114. The van der Waals surface area contributed by atoms with Crippen LogP contribution in [0.3, 0.4) is 0 Å². The van der Waals surface area contributed by atoms with Crippen LogP contribution in [0, 0.1) is 0 Å². The maximum Gasteiger partial charge on any atom is 0.337 e. The molecule has 1 rings (SSSR count). The van der Waals surface area contributed by atoms with E-state index in [2.05, 4.69) is 6.92 Å². The van der Waals surface area contributed by atoms with Crippen molar-refractivity contribution in [1.82, 2.24) is 0 Å². The Balaban J connectivity index is 2.12. The van der Waals surface area contributed by atoms with Gasteiger partial charge < -0.3 is 18.3 Å². The maximum atomic E-state index is 5.67. The number of rotatable bonds is 11. The van der Waals surface area contributed by atoms with Gasteiger partial charge in [0.25, 0.3) is 0 Å². The number of epoxide rings is 1. The minimum atomic E-state index is -1.94. The Morgan fingerprint density at radius 1 is 1.18 bits per heavy atom. The van der Waals surface area contributed by atoms with Crippen LogP contribution in [0.1, 0.15) is 26.2 Å². The zero-order valence-corrected chi connectivity index (χ0v) is 12.4. The lowest BCUT2D eigenvalue weighted by Crippen LogP contribution is -2.40. The van der Waals surface area contributed by atoms with Crippen LogP contribution in [-0.4, -0.2) is 48.7 Å². The van der Waals surface area contributed by atoms with Crippen molar-refractivity contribution in [2.45, 2.75) is 44.4 Å². The minimum absolute atomic E-state index is 0.363. The molecule has 17 heavy (non-hydrogen) atoms. The fraction of sp³-hybridized carbons (Fsp3) is 1.00. The largest absolute Gasteiger partial charge is 0.398 e. The molecule has 0 amide bonds. The topological polar surface area (TPSA) is 40.2 Å². The van der Waals surface area contributed by atoms with E-state index in [0.29, 0.717) is 6.10 Å². The fourth-order valence-electron chi connectivity index (χ4n) is 1.89. The number of unbranched alkanes of at least 4 members (excludes halogenated alkanes) is 1. The van der Waals surface area contributed by atoms with Gasteiger partial charge >= 0.3 is 8.56 Å². The van der Waals surface area contributed by atoms with E-state index >= 15 is 0 Å². The highest BCUT2D eigenvalue weighted by Crippen LogP contribution is 2.22. The Hall–Kier alpha value is 0.0569. The van der Waals surface area contributed by atoms with Crippen LogP contribution in [0.15, 0.2) is 0 Å². The summed E-state index contributed by atoms with van der Waals surface area (Å²) in [6, 6.07) is 2.10. The monoisotopic (exact) mass is 262 g/mol. The molecule has 0 aliphatic carbocycles. The van der Waals surface area contributed by atoms with Gasteiger partial charge in [-0.1, -0.05) is 19.8 Å². The van der Waals surface area contributed by atoms with Gasteiger partial charge in [0, 0.05) is 20.8 Å². The first kappa shape index (κ1) is 15.1. The van der Waals surface area contributed by atoms with Crippen molar-refractivity contribution in [2.24, 2.45) is 0 Å². The van der Waals surface area contributed by atoms with Gasteiger partial charge in [-0.25, -0.2) is 0 Å². The highest BCUT2D eigenvalue weighted by atomic mass is 28.4. The second-order valence-electron chi connectivity index (χ2n) is 4.56. The molecule has 5 heteroatoms. The van der Waals surface area contributed by atoms with E-state index in [-0.39, 0.29) is 0 Å². The average molecular weight is 262 g/mol. The molecule has 1 aliphatic rings. The predicted octanol–water partition coefficient (Wildman–Crippen LogP) is 2.33. The molecule has 0 bridgehead atoms. The van der Waals surface area contributed by atoms with Crippen molar-refractivity contribution in [3.63, 3.8) is 0 Å². The summed E-state index contributed by atoms with van der Waals surface area (Å²) in [5.41, 5.74) is 0. The summed E-state index contributed by atoms with van der Waals surface area (Å²) < 4.78 is 21.9. The summed E-state index contributed by atoms with van der Waals surface area (Å²) in [7, 11) is 1.63. The van der Waals surface area contributed by atoms with E-state index in [1.807, 2.05) is 0 Å². The van der Waals surface area contributed by atoms with E-state index in [1.54, 1.807) is 14.2 Å². The molecule has 1 unspecified atom stereocenters. The molecular weight excluding hydrogens is 236 g/mol. The van der Waals surface area contributed by atoms with Crippen molar-refractivity contribution >= 4 is 8.56 Å². The first-order valence-electron chi connectivity index (χ1n) is 6.56. The van der Waals surface area contributed by atoms with Crippen LogP contribution < -0.4 is 0 Å². The molecule has 102 valence electrons. The molecule has 0 spiro atoms. The second kappa shape index (κ2) is 8.21. The van der Waals surface area contributed by atoms with Gasteiger partial charge in [0.1, 0.15) is 6.10 Å². The van der Waals surface area contributed by atoms with E-state index in [9.17, 15) is 0 Å². The molecule has 1 fully saturated rings. The summed E-state index contributed by atoms with van der Waals surface area (Å²) in [6.45, 7) is 4.59. The Kier molecular flexibility index (Phi) is 7.30. The van der Waals surface area contributed by atoms with Gasteiger partial charge in [0.15, 0.2) is 0 Å². The van der Waals surface area contributed by atoms with Crippen LogP contribution >= 0.6 is 0 Å². The fourth-order valence-corrected chi connectivity index (χ4v) is 4.69. The zero-order valence-electron chi connectivity index (χ0n) is 11.4. The normalized spacial score (nSPS) is 19.6. The molecule has 0 saturated carbocycles. The molecule has 4 nitrogen and oxygen atoms in total. The molecule has 1 atom stereocenters. The van der Waals surface area contributed by atoms with Gasteiger partial charge in [-0.3, -0.25) is 0 Å². The third kappa shape index (κ3) is 5.97. The van der Waals surface area contributed by atoms with Gasteiger partial charge in [0.05, 0.1) is 13.2 Å². The summed E-state index contributed by atoms with van der Waals surface area (Å²) in [6.07, 6.45) is 3.76. The highest BCUT2D eigenvalue weighted by molar-refractivity contribution is 6.67. The highest BCUT2D eigenvalue weighted by Gasteiger charge is 2.34. The number of hydrogen-bond donors (Lipinski definition) is 0. The molecule has 0 radical (unpaired) electrons. The third-order valence-corrected chi connectivity index (χ3v) is 6.93. The van der Waals surface area contributed by atoms with Gasteiger partial charge in [-0.2, -0.15) is 0 Å². The number of ether oxygens (including phenoxy) is 2. The first-order chi connectivity index (χ1) is 8.26. The molecule has 1 saturated heterocycles. The van der Waals surface area contributed by atoms with E-state index in [0.717, 1.165) is 38.3 Å². The zero-order chi connectivity index (χ0) is 12.6. The van der Waals surface area contributed by atoms with Gasteiger partial charge in [-0.15, -0.1) is 0 Å². The lowest BCUT2D eigenvalue weighted by Gasteiger charge is -2.27. The smallest absolute Gasteiger partial charge is 0.337 e. The van der Waals surface area contributed by atoms with Crippen LogP contribution in [0.2, 0.25) is 12.1 Å². The first-order valence-corrected chi connectivity index (χ1v) is 8.79. The predicted molar refractivity (Wildman–Crippen MR) is 69.5 cm³/mol. The van der Waals surface area contributed by atoms with Crippen LogP contribution in [0.25, 0.3) is 0 Å². The van der Waals surface area contributed by atoms with E-state index in [1.165, 1.54) is 12.8 Å². The summed E-state index contributed by atoms with van der Waals surface area (Å²) in [4.78, 5) is 0. The van der Waals surface area contributed by atoms with Crippen molar-refractivity contribution in [3.05, 3.63) is 0 Å². The molecule has 0 aromatic heterocycles. The lowest BCUT2D eigenvalue weighted by atomic mass is 10.4. The Morgan fingerprint density at radius 2 is 1.82 bits per heavy atom. The standard InChI is InChI=1S/C12H26O4Si/c1-4-5-8-17(13-2,14-3)9-6-7-15-10-12-11-16-12/h12H,4-11H2,1-3H3. The van der Waals surface area contributed by atoms with E-state index < -0.39 is 8.56 Å². The maximum absolute atomic E-state index is 5.67. The Morgan fingerprint density at radius 3 is 2.35 bits per heavy atom. The Bertz CT molecular complexity index is 193. The van der Waals surface area contributed by atoms with Crippen LogP contribution in [-0.2, 0) is 18.3 Å². The van der Waals surface area contributed by atoms with Crippen molar-refractivity contribution < 1.29 is 18.3 Å². The quantitative estimate of drug-likeness (QED) is 0.325. The third-order valence-electron chi connectivity index (χ3n) is 3.21. The van der Waals surface area contributed by atoms with Crippen molar-refractivity contribution in [3.8, 4) is 0 Å². The molecule has 0 aromatic carbocycles. The summed E-state index contributed by atoms with van der Waals surface area (Å²) in [5, 5.41) is 0. The van der Waals surface area contributed by atoms with Gasteiger partial charge in [0.2, 0.25) is 0 Å². The number of hydrogen-bond acceptors (Lipinski definition) is 4. The molecule has 0 N–H and O–H groups in total. The Labute approximate surface area is 106 Å². The SMILES string of the molecule is CCCC[Si](CCCOCC1CO1)(OC)OC. The van der Waals surface area contributed by atoms with E-state index in [4.69, 9.17) is 18.3 Å². The molecule has 1 aliphatic heterocycles.